The largest absolute Gasteiger partial charge is 0.336 e. The smallest absolute Gasteiger partial charge is 0.263 e. The fourth-order valence-corrected chi connectivity index (χ4v) is 5.06. The summed E-state index contributed by atoms with van der Waals surface area (Å²) in [6.07, 6.45) is 1.49. The number of thiophene rings is 2. The fraction of sp³-hybridized carbons (Fsp3) is 0.389. The number of hydrogen-bond acceptors (Lipinski definition) is 6. The van der Waals surface area contributed by atoms with E-state index in [1.807, 2.05) is 34.7 Å². The molecule has 144 valence electrons. The Morgan fingerprint density at radius 1 is 1.37 bits per heavy atom. The highest BCUT2D eigenvalue weighted by molar-refractivity contribution is 7.18. The third-order valence-electron chi connectivity index (χ3n) is 5.01. The summed E-state index contributed by atoms with van der Waals surface area (Å²) in [5, 5.41) is 7.93. The zero-order valence-corrected chi connectivity index (χ0v) is 17.5. The lowest BCUT2D eigenvalue weighted by Gasteiger charge is -2.38. The summed E-state index contributed by atoms with van der Waals surface area (Å²) in [4.78, 5) is 33.8. The van der Waals surface area contributed by atoms with Crippen LogP contribution in [0.5, 0.6) is 0 Å². The van der Waals surface area contributed by atoms with E-state index in [2.05, 4.69) is 17.2 Å². The van der Waals surface area contributed by atoms with Crippen LogP contribution in [0.15, 0.2) is 34.0 Å². The molecule has 1 aliphatic rings. The number of fused-ring (bicyclic) bond motifs is 1. The van der Waals surface area contributed by atoms with E-state index >= 15 is 0 Å². The van der Waals surface area contributed by atoms with Crippen LogP contribution in [0.1, 0.15) is 13.8 Å². The lowest BCUT2D eigenvalue weighted by Crippen LogP contribution is -2.58. The summed E-state index contributed by atoms with van der Waals surface area (Å²) in [5.74, 6) is -0.0398. The summed E-state index contributed by atoms with van der Waals surface area (Å²) < 4.78 is 1.44. The molecule has 3 aromatic heterocycles. The first-order valence-electron chi connectivity index (χ1n) is 8.59. The second-order valence-electron chi connectivity index (χ2n) is 6.55. The molecule has 9 heteroatoms. The van der Waals surface area contributed by atoms with Gasteiger partial charge in [0.2, 0.25) is 5.91 Å². The number of carbonyl (C=O) groups is 1. The first kappa shape index (κ1) is 20.0. The van der Waals surface area contributed by atoms with Gasteiger partial charge in [-0.1, -0.05) is 6.07 Å². The number of piperazine rings is 1. The fourth-order valence-electron chi connectivity index (χ4n) is 3.34. The Morgan fingerprint density at radius 2 is 2.19 bits per heavy atom. The minimum Gasteiger partial charge on any atom is -0.336 e. The average molecular weight is 425 g/mol. The topological polar surface area (TPSA) is 67.2 Å². The van der Waals surface area contributed by atoms with Gasteiger partial charge in [0.1, 0.15) is 11.4 Å². The predicted octanol–water partition coefficient (Wildman–Crippen LogP) is 2.82. The Labute approximate surface area is 171 Å². The van der Waals surface area contributed by atoms with Crippen LogP contribution in [0.4, 0.5) is 0 Å². The summed E-state index contributed by atoms with van der Waals surface area (Å²) in [7, 11) is 0. The predicted molar refractivity (Wildman–Crippen MR) is 113 cm³/mol. The van der Waals surface area contributed by atoms with Crippen LogP contribution in [-0.2, 0) is 11.3 Å². The summed E-state index contributed by atoms with van der Waals surface area (Å²) >= 11 is 3.06. The SMILES string of the molecule is CC1NCCN(C(=O)Cn2cnc3scc(-c4cccs4)c3c2=O)C1C.Cl. The van der Waals surface area contributed by atoms with Gasteiger partial charge in [-0.3, -0.25) is 14.2 Å². The van der Waals surface area contributed by atoms with Gasteiger partial charge in [0.15, 0.2) is 0 Å². The van der Waals surface area contributed by atoms with Crippen LogP contribution in [0.2, 0.25) is 0 Å². The molecule has 1 fully saturated rings. The van der Waals surface area contributed by atoms with Crippen LogP contribution < -0.4 is 10.9 Å². The Bertz CT molecular complexity index is 999. The van der Waals surface area contributed by atoms with E-state index in [0.29, 0.717) is 16.8 Å². The van der Waals surface area contributed by atoms with Crippen LogP contribution in [0.3, 0.4) is 0 Å². The quantitative estimate of drug-likeness (QED) is 0.702. The van der Waals surface area contributed by atoms with E-state index in [1.54, 1.807) is 11.3 Å². The molecular weight excluding hydrogens is 404 g/mol. The molecular formula is C18H21ClN4O2S2. The number of carbonyl (C=O) groups excluding carboxylic acids is 1. The molecule has 1 amide bonds. The molecule has 0 spiro atoms. The van der Waals surface area contributed by atoms with Gasteiger partial charge in [0.25, 0.3) is 5.56 Å². The summed E-state index contributed by atoms with van der Waals surface area (Å²) in [5.41, 5.74) is 0.757. The Balaban J connectivity index is 0.00000210. The van der Waals surface area contributed by atoms with E-state index in [4.69, 9.17) is 0 Å². The van der Waals surface area contributed by atoms with Crippen LogP contribution in [0, 0.1) is 0 Å². The van der Waals surface area contributed by atoms with Crippen molar-refractivity contribution >= 4 is 51.2 Å². The maximum Gasteiger partial charge on any atom is 0.263 e. The van der Waals surface area contributed by atoms with Crippen molar-refractivity contribution in [2.24, 2.45) is 0 Å². The van der Waals surface area contributed by atoms with Crippen molar-refractivity contribution < 1.29 is 4.79 Å². The standard InChI is InChI=1S/C18H20N4O2S2.ClH/c1-11-12(2)22(6-5-19-11)15(23)8-21-10-20-17-16(18(21)24)13(9-26-17)14-4-3-7-25-14;/h3-4,7,9-12,19H,5-6,8H2,1-2H3;1H. The summed E-state index contributed by atoms with van der Waals surface area (Å²) in [6, 6.07) is 4.31. The molecule has 0 bridgehead atoms. The Morgan fingerprint density at radius 3 is 2.93 bits per heavy atom. The van der Waals surface area contributed by atoms with Gasteiger partial charge in [0.05, 0.1) is 11.7 Å². The first-order valence-corrected chi connectivity index (χ1v) is 10.4. The van der Waals surface area contributed by atoms with E-state index in [1.165, 1.54) is 22.2 Å². The van der Waals surface area contributed by atoms with E-state index in [0.717, 1.165) is 17.0 Å². The highest BCUT2D eigenvalue weighted by Crippen LogP contribution is 2.33. The first-order chi connectivity index (χ1) is 12.6. The van der Waals surface area contributed by atoms with E-state index in [9.17, 15) is 9.59 Å². The van der Waals surface area contributed by atoms with Gasteiger partial charge >= 0.3 is 0 Å². The zero-order chi connectivity index (χ0) is 18.3. The van der Waals surface area contributed by atoms with Crippen molar-refractivity contribution in [2.75, 3.05) is 13.1 Å². The third kappa shape index (κ3) is 3.67. The maximum atomic E-state index is 13.0. The minimum atomic E-state index is -0.149. The van der Waals surface area contributed by atoms with Crippen molar-refractivity contribution in [1.29, 1.82) is 0 Å². The van der Waals surface area contributed by atoms with Gasteiger partial charge in [-0.05, 0) is 25.3 Å². The Kier molecular flexibility index (Phi) is 6.00. The van der Waals surface area contributed by atoms with Crippen LogP contribution >= 0.6 is 35.1 Å². The highest BCUT2D eigenvalue weighted by atomic mass is 35.5. The van der Waals surface area contributed by atoms with Crippen molar-refractivity contribution in [3.05, 3.63) is 39.6 Å². The molecule has 0 radical (unpaired) electrons. The molecule has 2 unspecified atom stereocenters. The number of rotatable bonds is 3. The second kappa shape index (κ2) is 8.10. The molecule has 4 heterocycles. The highest BCUT2D eigenvalue weighted by Gasteiger charge is 2.28. The third-order valence-corrected chi connectivity index (χ3v) is 6.80. The van der Waals surface area contributed by atoms with Gasteiger partial charge in [0, 0.05) is 41.0 Å². The average Bonchev–Trinajstić information content (AvgIpc) is 3.29. The van der Waals surface area contributed by atoms with Gasteiger partial charge in [-0.2, -0.15) is 0 Å². The molecule has 0 aliphatic carbocycles. The molecule has 6 nitrogen and oxygen atoms in total. The molecule has 2 atom stereocenters. The zero-order valence-electron chi connectivity index (χ0n) is 15.0. The molecule has 4 rings (SSSR count). The number of nitrogens with zero attached hydrogens (tertiary/aromatic N) is 3. The van der Waals surface area contributed by atoms with Crippen molar-refractivity contribution in [1.82, 2.24) is 19.8 Å². The molecule has 1 N–H and O–H groups in total. The van der Waals surface area contributed by atoms with Crippen molar-refractivity contribution in [3.63, 3.8) is 0 Å². The lowest BCUT2D eigenvalue weighted by molar-refractivity contribution is -0.135. The normalized spacial score (nSPS) is 19.9. The van der Waals surface area contributed by atoms with Crippen LogP contribution in [-0.4, -0.2) is 45.5 Å². The molecule has 0 aromatic carbocycles. The Hall–Kier alpha value is -1.74. The molecule has 27 heavy (non-hydrogen) atoms. The van der Waals surface area contributed by atoms with Gasteiger partial charge in [-0.25, -0.2) is 4.98 Å². The summed E-state index contributed by atoms with van der Waals surface area (Å²) in [6.45, 7) is 5.57. The van der Waals surface area contributed by atoms with E-state index in [-0.39, 0.29) is 42.5 Å². The molecule has 3 aromatic rings. The second-order valence-corrected chi connectivity index (χ2v) is 8.36. The van der Waals surface area contributed by atoms with Gasteiger partial charge < -0.3 is 10.2 Å². The van der Waals surface area contributed by atoms with E-state index < -0.39 is 0 Å². The molecule has 1 saturated heterocycles. The van der Waals surface area contributed by atoms with Crippen LogP contribution in [0.25, 0.3) is 20.7 Å². The molecule has 1 aliphatic heterocycles. The van der Waals surface area contributed by atoms with Crippen molar-refractivity contribution in [3.8, 4) is 10.4 Å². The maximum absolute atomic E-state index is 13.0. The number of amides is 1. The number of nitrogens with one attached hydrogen (secondary N) is 1. The van der Waals surface area contributed by atoms with Gasteiger partial charge in [-0.15, -0.1) is 35.1 Å². The van der Waals surface area contributed by atoms with Crippen molar-refractivity contribution in [2.45, 2.75) is 32.5 Å². The monoisotopic (exact) mass is 424 g/mol. The number of halogens is 1. The minimum absolute atomic E-state index is 0. The molecule has 0 saturated carbocycles. The number of aromatic nitrogens is 2. The lowest BCUT2D eigenvalue weighted by atomic mass is 10.1. The number of hydrogen-bond donors (Lipinski definition) is 1.